The van der Waals surface area contributed by atoms with Gasteiger partial charge >= 0.3 is 0 Å². The highest BCUT2D eigenvalue weighted by molar-refractivity contribution is 5.42. The molecule has 0 heterocycles. The molecule has 0 amide bonds. The van der Waals surface area contributed by atoms with Crippen LogP contribution in [0.3, 0.4) is 0 Å². The lowest BCUT2D eigenvalue weighted by atomic mass is 9.93. The standard InChI is InChI=1S/C16H25NO3/c1-18-15-8-7-12(11-16(15)19-2)9-10-20-14-6-4-3-5-13(14)17/h7-8,11,13-14H,3-6,9-10,17H2,1-2H3. The van der Waals surface area contributed by atoms with Crippen molar-refractivity contribution >= 4 is 0 Å². The summed E-state index contributed by atoms with van der Waals surface area (Å²) in [5.41, 5.74) is 7.27. The van der Waals surface area contributed by atoms with Crippen LogP contribution in [0.4, 0.5) is 0 Å². The highest BCUT2D eigenvalue weighted by Gasteiger charge is 2.21. The fourth-order valence-corrected chi connectivity index (χ4v) is 2.70. The fraction of sp³-hybridized carbons (Fsp3) is 0.625. The van der Waals surface area contributed by atoms with Gasteiger partial charge in [-0.1, -0.05) is 18.9 Å². The van der Waals surface area contributed by atoms with Gasteiger partial charge in [0.05, 0.1) is 26.9 Å². The highest BCUT2D eigenvalue weighted by Crippen LogP contribution is 2.28. The first-order chi connectivity index (χ1) is 9.74. The first-order valence-electron chi connectivity index (χ1n) is 7.32. The zero-order chi connectivity index (χ0) is 14.4. The van der Waals surface area contributed by atoms with E-state index in [1.807, 2.05) is 18.2 Å². The van der Waals surface area contributed by atoms with Crippen LogP contribution < -0.4 is 15.2 Å². The maximum atomic E-state index is 6.08. The Morgan fingerprint density at radius 2 is 1.85 bits per heavy atom. The van der Waals surface area contributed by atoms with E-state index in [1.165, 1.54) is 18.4 Å². The van der Waals surface area contributed by atoms with Gasteiger partial charge in [-0.2, -0.15) is 0 Å². The summed E-state index contributed by atoms with van der Waals surface area (Å²) in [6.45, 7) is 0.702. The molecule has 0 saturated heterocycles. The van der Waals surface area contributed by atoms with Gasteiger partial charge in [0.1, 0.15) is 0 Å². The second-order valence-electron chi connectivity index (χ2n) is 5.30. The van der Waals surface area contributed by atoms with Gasteiger partial charge in [-0.3, -0.25) is 0 Å². The van der Waals surface area contributed by atoms with Gasteiger partial charge in [0, 0.05) is 6.04 Å². The van der Waals surface area contributed by atoms with Crippen LogP contribution in [-0.4, -0.2) is 33.0 Å². The minimum atomic E-state index is 0.203. The molecule has 1 aromatic rings. The predicted octanol–water partition coefficient (Wildman–Crippen LogP) is 2.53. The second kappa shape index (κ2) is 7.50. The summed E-state index contributed by atoms with van der Waals surface area (Å²) in [5.74, 6) is 1.52. The zero-order valence-corrected chi connectivity index (χ0v) is 12.4. The molecule has 1 saturated carbocycles. The van der Waals surface area contributed by atoms with Gasteiger partial charge < -0.3 is 19.9 Å². The molecular weight excluding hydrogens is 254 g/mol. The fourth-order valence-electron chi connectivity index (χ4n) is 2.70. The van der Waals surface area contributed by atoms with E-state index in [0.717, 1.165) is 30.8 Å². The molecule has 0 aromatic heterocycles. The van der Waals surface area contributed by atoms with Crippen molar-refractivity contribution in [1.29, 1.82) is 0 Å². The van der Waals surface area contributed by atoms with Crippen molar-refractivity contribution in [2.24, 2.45) is 5.73 Å². The molecule has 2 N–H and O–H groups in total. The molecule has 2 unspecified atom stereocenters. The minimum Gasteiger partial charge on any atom is -0.493 e. The molecule has 0 bridgehead atoms. The Kier molecular flexibility index (Phi) is 5.68. The Bertz CT molecular complexity index is 422. The van der Waals surface area contributed by atoms with Gasteiger partial charge in [0.25, 0.3) is 0 Å². The monoisotopic (exact) mass is 279 g/mol. The van der Waals surface area contributed by atoms with Crippen molar-refractivity contribution in [3.05, 3.63) is 23.8 Å². The molecule has 2 rings (SSSR count). The van der Waals surface area contributed by atoms with Gasteiger partial charge in [0.15, 0.2) is 11.5 Å². The maximum absolute atomic E-state index is 6.08. The lowest BCUT2D eigenvalue weighted by Gasteiger charge is -2.28. The van der Waals surface area contributed by atoms with Gasteiger partial charge in [0.2, 0.25) is 0 Å². The third-order valence-corrected chi connectivity index (χ3v) is 3.92. The summed E-state index contributed by atoms with van der Waals surface area (Å²) < 4.78 is 16.5. The Labute approximate surface area is 121 Å². The zero-order valence-electron chi connectivity index (χ0n) is 12.4. The van der Waals surface area contributed by atoms with E-state index in [9.17, 15) is 0 Å². The topological polar surface area (TPSA) is 53.7 Å². The molecule has 4 heteroatoms. The van der Waals surface area contributed by atoms with Crippen LogP contribution in [0.2, 0.25) is 0 Å². The molecule has 1 aliphatic rings. The lowest BCUT2D eigenvalue weighted by Crippen LogP contribution is -2.39. The summed E-state index contributed by atoms with van der Waals surface area (Å²) in [5, 5.41) is 0. The Morgan fingerprint density at radius 3 is 2.55 bits per heavy atom. The summed E-state index contributed by atoms with van der Waals surface area (Å²) in [7, 11) is 3.30. The first kappa shape index (κ1) is 15.1. The maximum Gasteiger partial charge on any atom is 0.160 e. The summed E-state index contributed by atoms with van der Waals surface area (Å²) in [6, 6.07) is 6.18. The van der Waals surface area contributed by atoms with Crippen molar-refractivity contribution in [3.63, 3.8) is 0 Å². The average molecular weight is 279 g/mol. The van der Waals surface area contributed by atoms with E-state index in [1.54, 1.807) is 14.2 Å². The van der Waals surface area contributed by atoms with Crippen LogP contribution in [0.15, 0.2) is 18.2 Å². The Balaban J connectivity index is 1.84. The summed E-state index contributed by atoms with van der Waals surface area (Å²) in [4.78, 5) is 0. The molecule has 20 heavy (non-hydrogen) atoms. The number of hydrogen-bond donors (Lipinski definition) is 1. The number of nitrogens with two attached hydrogens (primary N) is 1. The van der Waals surface area contributed by atoms with Crippen LogP contribution in [-0.2, 0) is 11.2 Å². The minimum absolute atomic E-state index is 0.203. The normalized spacial score (nSPS) is 22.6. The molecule has 1 fully saturated rings. The smallest absolute Gasteiger partial charge is 0.160 e. The van der Waals surface area contributed by atoms with Gasteiger partial charge in [-0.15, -0.1) is 0 Å². The van der Waals surface area contributed by atoms with E-state index in [-0.39, 0.29) is 12.1 Å². The summed E-state index contributed by atoms with van der Waals surface area (Å²) >= 11 is 0. The Morgan fingerprint density at radius 1 is 1.10 bits per heavy atom. The lowest BCUT2D eigenvalue weighted by molar-refractivity contribution is 0.0168. The molecule has 0 spiro atoms. The third kappa shape index (κ3) is 3.87. The second-order valence-corrected chi connectivity index (χ2v) is 5.30. The highest BCUT2D eigenvalue weighted by atomic mass is 16.5. The predicted molar refractivity (Wildman–Crippen MR) is 79.4 cm³/mol. The molecule has 1 aromatic carbocycles. The van der Waals surface area contributed by atoms with Crippen molar-refractivity contribution in [3.8, 4) is 11.5 Å². The molecule has 0 radical (unpaired) electrons. The van der Waals surface area contributed by atoms with Crippen LogP contribution >= 0.6 is 0 Å². The molecule has 2 atom stereocenters. The van der Waals surface area contributed by atoms with Gasteiger partial charge in [-0.05, 0) is 37.0 Å². The number of hydrogen-bond acceptors (Lipinski definition) is 4. The number of benzene rings is 1. The van der Waals surface area contributed by atoms with Crippen molar-refractivity contribution in [2.75, 3.05) is 20.8 Å². The van der Waals surface area contributed by atoms with Crippen molar-refractivity contribution in [1.82, 2.24) is 0 Å². The van der Waals surface area contributed by atoms with Crippen molar-refractivity contribution in [2.45, 2.75) is 44.2 Å². The molecule has 0 aliphatic heterocycles. The first-order valence-corrected chi connectivity index (χ1v) is 7.32. The van der Waals surface area contributed by atoms with E-state index in [4.69, 9.17) is 19.9 Å². The van der Waals surface area contributed by atoms with E-state index in [2.05, 4.69) is 0 Å². The average Bonchev–Trinajstić information content (AvgIpc) is 2.49. The van der Waals surface area contributed by atoms with E-state index < -0.39 is 0 Å². The summed E-state index contributed by atoms with van der Waals surface area (Å²) in [6.07, 6.45) is 5.73. The number of methoxy groups -OCH3 is 2. The number of ether oxygens (including phenoxy) is 3. The van der Waals surface area contributed by atoms with Crippen LogP contribution in [0.5, 0.6) is 11.5 Å². The van der Waals surface area contributed by atoms with Crippen LogP contribution in [0.25, 0.3) is 0 Å². The largest absolute Gasteiger partial charge is 0.493 e. The third-order valence-electron chi connectivity index (χ3n) is 3.92. The van der Waals surface area contributed by atoms with Crippen LogP contribution in [0, 0.1) is 0 Å². The molecule has 4 nitrogen and oxygen atoms in total. The molecule has 1 aliphatic carbocycles. The number of rotatable bonds is 6. The quantitative estimate of drug-likeness (QED) is 0.869. The van der Waals surface area contributed by atoms with Crippen molar-refractivity contribution < 1.29 is 14.2 Å². The van der Waals surface area contributed by atoms with Crippen LogP contribution in [0.1, 0.15) is 31.2 Å². The molecule has 112 valence electrons. The SMILES string of the molecule is COc1ccc(CCOC2CCCCC2N)cc1OC. The van der Waals surface area contributed by atoms with E-state index >= 15 is 0 Å². The Hall–Kier alpha value is -1.26. The molecular formula is C16H25NO3. The van der Waals surface area contributed by atoms with Gasteiger partial charge in [-0.25, -0.2) is 0 Å². The van der Waals surface area contributed by atoms with E-state index in [0.29, 0.717) is 6.61 Å².